The van der Waals surface area contributed by atoms with Gasteiger partial charge in [-0.15, -0.1) is 12.4 Å². The Morgan fingerprint density at radius 1 is 1.14 bits per heavy atom. The summed E-state index contributed by atoms with van der Waals surface area (Å²) in [6.45, 7) is 4.31. The van der Waals surface area contributed by atoms with Gasteiger partial charge in [0.05, 0.1) is 27.2 Å². The first-order valence-corrected chi connectivity index (χ1v) is 7.28. The Kier molecular flexibility index (Phi) is 10.2. The number of nitrogens with one attached hydrogen (secondary N) is 1. The van der Waals surface area contributed by atoms with Crippen molar-refractivity contribution in [3.63, 3.8) is 0 Å². The van der Waals surface area contributed by atoms with Crippen LogP contribution in [0.4, 0.5) is 5.69 Å². The fourth-order valence-corrected chi connectivity index (χ4v) is 2.12. The minimum absolute atomic E-state index is 0. The number of rotatable bonds is 9. The lowest BCUT2D eigenvalue weighted by Crippen LogP contribution is -2.24. The molecule has 6 heteroatoms. The molecule has 1 unspecified atom stereocenters. The number of benzene rings is 1. The molecule has 1 rings (SSSR count). The number of carbonyl (C=O) groups excluding carboxylic acids is 1. The van der Waals surface area contributed by atoms with E-state index in [9.17, 15) is 4.79 Å². The van der Waals surface area contributed by atoms with Gasteiger partial charge >= 0.3 is 5.97 Å². The van der Waals surface area contributed by atoms with Gasteiger partial charge < -0.3 is 19.5 Å². The van der Waals surface area contributed by atoms with Crippen LogP contribution in [-0.2, 0) is 9.53 Å². The third-order valence-electron chi connectivity index (χ3n) is 3.08. The van der Waals surface area contributed by atoms with E-state index in [2.05, 4.69) is 12.2 Å². The second kappa shape index (κ2) is 11.0. The van der Waals surface area contributed by atoms with Crippen molar-refractivity contribution in [3.8, 4) is 11.5 Å². The summed E-state index contributed by atoms with van der Waals surface area (Å²) in [6.07, 6.45) is 2.22. The smallest absolute Gasteiger partial charge is 0.307 e. The van der Waals surface area contributed by atoms with Crippen LogP contribution in [0.3, 0.4) is 0 Å². The molecule has 0 fully saturated rings. The Hall–Kier alpha value is -1.62. The predicted molar refractivity (Wildman–Crippen MR) is 90.4 cm³/mol. The third-order valence-corrected chi connectivity index (χ3v) is 3.08. The van der Waals surface area contributed by atoms with Gasteiger partial charge in [0.2, 0.25) is 0 Å². The molecule has 0 saturated heterocycles. The number of carbonyl (C=O) groups is 1. The summed E-state index contributed by atoms with van der Waals surface area (Å²) in [5.41, 5.74) is 0.869. The molecule has 0 aromatic heterocycles. The number of hydrogen-bond acceptors (Lipinski definition) is 5. The molecule has 0 bridgehead atoms. The van der Waals surface area contributed by atoms with E-state index in [4.69, 9.17) is 14.2 Å². The summed E-state index contributed by atoms with van der Waals surface area (Å²) in [6, 6.07) is 5.61. The van der Waals surface area contributed by atoms with E-state index in [0.29, 0.717) is 24.5 Å². The van der Waals surface area contributed by atoms with Gasteiger partial charge in [-0.05, 0) is 13.3 Å². The minimum Gasteiger partial charge on any atom is -0.497 e. The van der Waals surface area contributed by atoms with Crippen LogP contribution in [0, 0.1) is 0 Å². The Labute approximate surface area is 138 Å². The Balaban J connectivity index is 0.00000441. The van der Waals surface area contributed by atoms with Crippen LogP contribution in [0.2, 0.25) is 0 Å². The summed E-state index contributed by atoms with van der Waals surface area (Å²) < 4.78 is 15.5. The lowest BCUT2D eigenvalue weighted by molar-refractivity contribution is -0.143. The van der Waals surface area contributed by atoms with Crippen LogP contribution in [0.5, 0.6) is 11.5 Å². The van der Waals surface area contributed by atoms with E-state index in [1.54, 1.807) is 14.2 Å². The lowest BCUT2D eigenvalue weighted by atomic mass is 10.1. The van der Waals surface area contributed by atoms with Crippen LogP contribution in [0.1, 0.15) is 33.1 Å². The van der Waals surface area contributed by atoms with Crippen molar-refractivity contribution in [1.82, 2.24) is 0 Å². The molecule has 0 radical (unpaired) electrons. The lowest BCUT2D eigenvalue weighted by Gasteiger charge is -2.19. The van der Waals surface area contributed by atoms with Crippen molar-refractivity contribution in [2.75, 3.05) is 26.1 Å². The van der Waals surface area contributed by atoms with Gasteiger partial charge in [-0.3, -0.25) is 4.79 Å². The normalized spacial score (nSPS) is 11.1. The highest BCUT2D eigenvalue weighted by atomic mass is 35.5. The van der Waals surface area contributed by atoms with Crippen LogP contribution in [-0.4, -0.2) is 32.8 Å². The zero-order valence-corrected chi connectivity index (χ0v) is 14.5. The van der Waals surface area contributed by atoms with Crippen molar-refractivity contribution >= 4 is 24.1 Å². The summed E-state index contributed by atoms with van der Waals surface area (Å²) in [7, 11) is 3.22. The number of methoxy groups -OCH3 is 2. The molecule has 1 atom stereocenters. The van der Waals surface area contributed by atoms with Crippen LogP contribution < -0.4 is 14.8 Å². The van der Waals surface area contributed by atoms with Crippen molar-refractivity contribution < 1.29 is 19.0 Å². The van der Waals surface area contributed by atoms with Gasteiger partial charge in [0.25, 0.3) is 0 Å². The second-order valence-electron chi connectivity index (χ2n) is 4.74. The first-order valence-electron chi connectivity index (χ1n) is 7.28. The number of halogens is 1. The third kappa shape index (κ3) is 6.89. The molecule has 0 aliphatic rings. The highest BCUT2D eigenvalue weighted by Gasteiger charge is 2.14. The van der Waals surface area contributed by atoms with Gasteiger partial charge in [0.15, 0.2) is 0 Å². The average molecular weight is 332 g/mol. The number of esters is 1. The highest BCUT2D eigenvalue weighted by Crippen LogP contribution is 2.27. The van der Waals surface area contributed by atoms with Gasteiger partial charge in [0, 0.05) is 29.9 Å². The molecule has 1 N–H and O–H groups in total. The van der Waals surface area contributed by atoms with E-state index in [1.165, 1.54) is 0 Å². The zero-order chi connectivity index (χ0) is 15.7. The topological polar surface area (TPSA) is 56.8 Å². The van der Waals surface area contributed by atoms with Crippen LogP contribution >= 0.6 is 12.4 Å². The van der Waals surface area contributed by atoms with Crippen molar-refractivity contribution in [3.05, 3.63) is 18.2 Å². The quantitative estimate of drug-likeness (QED) is 0.700. The molecule has 0 spiro atoms. The molecule has 0 aliphatic carbocycles. The van der Waals surface area contributed by atoms with Gasteiger partial charge in [0.1, 0.15) is 11.5 Å². The van der Waals surface area contributed by atoms with Crippen molar-refractivity contribution in [2.45, 2.75) is 39.2 Å². The fraction of sp³-hybridized carbons (Fsp3) is 0.562. The van der Waals surface area contributed by atoms with Gasteiger partial charge in [-0.1, -0.05) is 13.3 Å². The summed E-state index contributed by atoms with van der Waals surface area (Å²) in [4.78, 5) is 11.7. The highest BCUT2D eigenvalue weighted by molar-refractivity contribution is 5.85. The van der Waals surface area contributed by atoms with E-state index in [1.807, 2.05) is 25.1 Å². The SMILES string of the molecule is CCCC(CC(=O)OCC)Nc1cc(OC)cc(OC)c1.Cl. The molecule has 1 aromatic carbocycles. The molecule has 0 saturated carbocycles. The Morgan fingerprint density at radius 3 is 2.18 bits per heavy atom. The summed E-state index contributed by atoms with van der Waals surface area (Å²) in [5.74, 6) is 1.24. The molecule has 22 heavy (non-hydrogen) atoms. The summed E-state index contributed by atoms with van der Waals surface area (Å²) in [5, 5.41) is 3.36. The maximum absolute atomic E-state index is 11.7. The maximum Gasteiger partial charge on any atom is 0.307 e. The van der Waals surface area contributed by atoms with E-state index < -0.39 is 0 Å². The Bertz CT molecular complexity index is 432. The van der Waals surface area contributed by atoms with Crippen molar-refractivity contribution in [2.24, 2.45) is 0 Å². The number of hydrogen-bond donors (Lipinski definition) is 1. The van der Waals surface area contributed by atoms with Crippen molar-refractivity contribution in [1.29, 1.82) is 0 Å². The van der Waals surface area contributed by atoms with Gasteiger partial charge in [-0.2, -0.15) is 0 Å². The summed E-state index contributed by atoms with van der Waals surface area (Å²) >= 11 is 0. The second-order valence-corrected chi connectivity index (χ2v) is 4.74. The van der Waals surface area contributed by atoms with E-state index in [0.717, 1.165) is 18.5 Å². The van der Waals surface area contributed by atoms with Gasteiger partial charge in [-0.25, -0.2) is 0 Å². The molecule has 1 aromatic rings. The monoisotopic (exact) mass is 331 g/mol. The fourth-order valence-electron chi connectivity index (χ4n) is 2.12. The molecule has 0 aliphatic heterocycles. The molecular formula is C16H26ClNO4. The molecular weight excluding hydrogens is 306 g/mol. The van der Waals surface area contributed by atoms with E-state index >= 15 is 0 Å². The van der Waals surface area contributed by atoms with Crippen LogP contribution in [0.15, 0.2) is 18.2 Å². The van der Waals surface area contributed by atoms with E-state index in [-0.39, 0.29) is 24.4 Å². The molecule has 126 valence electrons. The predicted octanol–water partition coefficient (Wildman–Crippen LogP) is 3.66. The molecule has 5 nitrogen and oxygen atoms in total. The standard InChI is InChI=1S/C16H25NO4.ClH/c1-5-7-12(10-16(18)21-6-2)17-13-8-14(19-3)11-15(9-13)20-4;/h8-9,11-12,17H,5-7,10H2,1-4H3;1H. The first kappa shape index (κ1) is 20.4. The minimum atomic E-state index is -0.182. The van der Waals surface area contributed by atoms with Crippen LogP contribution in [0.25, 0.3) is 0 Å². The number of anilines is 1. The molecule has 0 amide bonds. The largest absolute Gasteiger partial charge is 0.497 e. The zero-order valence-electron chi connectivity index (χ0n) is 13.7. The Morgan fingerprint density at radius 2 is 1.73 bits per heavy atom. The number of ether oxygens (including phenoxy) is 3. The molecule has 0 heterocycles. The maximum atomic E-state index is 11.7. The average Bonchev–Trinajstić information content (AvgIpc) is 2.47. The first-order chi connectivity index (χ1) is 10.1.